The van der Waals surface area contributed by atoms with Gasteiger partial charge in [-0.2, -0.15) is 18.2 Å². The molecule has 0 atom stereocenters. The van der Waals surface area contributed by atoms with Gasteiger partial charge in [-0.3, -0.25) is 4.99 Å². The Kier molecular flexibility index (Phi) is 3.56. The summed E-state index contributed by atoms with van der Waals surface area (Å²) in [7, 11) is 1.48. The van der Waals surface area contributed by atoms with Gasteiger partial charge in [0.1, 0.15) is 5.82 Å². The van der Waals surface area contributed by atoms with Crippen LogP contribution in [-0.2, 0) is 6.18 Å². The Balaban J connectivity index is 2.46. The molecule has 106 valence electrons. The van der Waals surface area contributed by atoms with Crippen molar-refractivity contribution in [3.8, 4) is 11.4 Å². The molecular weight excluding hydrogens is 278 g/mol. The molecule has 0 radical (unpaired) electrons. The minimum Gasteiger partial charge on any atom is -0.329 e. The van der Waals surface area contributed by atoms with E-state index in [1.807, 2.05) is 0 Å². The Bertz CT molecular complexity index is 661. The lowest BCUT2D eigenvalue weighted by molar-refractivity contribution is -0.159. The third-order valence-electron chi connectivity index (χ3n) is 2.62. The molecule has 8 heteroatoms. The molecular formula is C12H9F4N3O. The molecule has 20 heavy (non-hydrogen) atoms. The van der Waals surface area contributed by atoms with E-state index in [2.05, 4.69) is 19.7 Å². The Morgan fingerprint density at radius 1 is 1.30 bits per heavy atom. The number of alkyl halides is 3. The van der Waals surface area contributed by atoms with E-state index in [4.69, 9.17) is 0 Å². The first kappa shape index (κ1) is 14.2. The number of nitrogens with zero attached hydrogens (tertiary/aromatic N) is 3. The molecule has 2 aromatic rings. The van der Waals surface area contributed by atoms with Gasteiger partial charge in [0.25, 0.3) is 0 Å². The first-order chi connectivity index (χ1) is 9.32. The lowest BCUT2D eigenvalue weighted by Gasteiger charge is -2.03. The summed E-state index contributed by atoms with van der Waals surface area (Å²) >= 11 is 0. The SMILES string of the molecule is CN=C(C)c1cc(-c2noc(C(F)(F)F)n2)ccc1F. The molecule has 0 spiro atoms. The lowest BCUT2D eigenvalue weighted by Crippen LogP contribution is -2.05. The van der Waals surface area contributed by atoms with E-state index in [0.29, 0.717) is 5.71 Å². The van der Waals surface area contributed by atoms with E-state index in [0.717, 1.165) is 6.07 Å². The first-order valence-electron chi connectivity index (χ1n) is 5.47. The second-order valence-corrected chi connectivity index (χ2v) is 3.92. The quantitative estimate of drug-likeness (QED) is 0.629. The highest BCUT2D eigenvalue weighted by Crippen LogP contribution is 2.29. The molecule has 0 unspecified atom stereocenters. The van der Waals surface area contributed by atoms with Crippen LogP contribution in [0.15, 0.2) is 27.7 Å². The number of halogens is 4. The molecule has 4 nitrogen and oxygen atoms in total. The highest BCUT2D eigenvalue weighted by molar-refractivity contribution is 5.99. The van der Waals surface area contributed by atoms with Gasteiger partial charge in [-0.15, -0.1) is 0 Å². The van der Waals surface area contributed by atoms with Crippen molar-refractivity contribution in [2.45, 2.75) is 13.1 Å². The first-order valence-corrected chi connectivity index (χ1v) is 5.47. The predicted molar refractivity (Wildman–Crippen MR) is 62.8 cm³/mol. The van der Waals surface area contributed by atoms with E-state index in [1.165, 1.54) is 19.2 Å². The van der Waals surface area contributed by atoms with E-state index < -0.39 is 17.9 Å². The summed E-state index contributed by atoms with van der Waals surface area (Å²) in [6.07, 6.45) is -4.71. The van der Waals surface area contributed by atoms with Gasteiger partial charge in [-0.05, 0) is 25.1 Å². The van der Waals surface area contributed by atoms with Crippen LogP contribution in [0.25, 0.3) is 11.4 Å². The maximum absolute atomic E-state index is 13.6. The summed E-state index contributed by atoms with van der Waals surface area (Å²) < 4.78 is 54.8. The van der Waals surface area contributed by atoms with E-state index in [1.54, 1.807) is 6.92 Å². The predicted octanol–water partition coefficient (Wildman–Crippen LogP) is 3.33. The van der Waals surface area contributed by atoms with Crippen LogP contribution in [-0.4, -0.2) is 22.9 Å². The number of hydrogen-bond donors (Lipinski definition) is 0. The molecule has 0 bridgehead atoms. The number of aromatic nitrogens is 2. The van der Waals surface area contributed by atoms with Gasteiger partial charge in [-0.1, -0.05) is 5.16 Å². The summed E-state index contributed by atoms with van der Waals surface area (Å²) in [6, 6.07) is 3.71. The Morgan fingerprint density at radius 3 is 2.55 bits per heavy atom. The smallest absolute Gasteiger partial charge is 0.329 e. The summed E-state index contributed by atoms with van der Waals surface area (Å²) in [5.41, 5.74) is 0.788. The van der Waals surface area contributed by atoms with Crippen molar-refractivity contribution in [2.75, 3.05) is 7.05 Å². The fraction of sp³-hybridized carbons (Fsp3) is 0.250. The Hall–Kier alpha value is -2.25. The lowest BCUT2D eigenvalue weighted by atomic mass is 10.1. The number of hydrogen-bond acceptors (Lipinski definition) is 4. The van der Waals surface area contributed by atoms with Gasteiger partial charge < -0.3 is 4.52 Å². The van der Waals surface area contributed by atoms with Crippen LogP contribution in [0, 0.1) is 5.82 Å². The third-order valence-corrected chi connectivity index (χ3v) is 2.62. The van der Waals surface area contributed by atoms with Gasteiger partial charge >= 0.3 is 12.1 Å². The molecule has 0 aliphatic heterocycles. The molecule has 0 saturated carbocycles. The normalized spacial score (nSPS) is 12.8. The fourth-order valence-electron chi connectivity index (χ4n) is 1.52. The van der Waals surface area contributed by atoms with Crippen molar-refractivity contribution in [1.82, 2.24) is 10.1 Å². The van der Waals surface area contributed by atoms with Crippen LogP contribution in [0.5, 0.6) is 0 Å². The van der Waals surface area contributed by atoms with Crippen molar-refractivity contribution < 1.29 is 22.1 Å². The third kappa shape index (κ3) is 2.68. The summed E-state index contributed by atoms with van der Waals surface area (Å²) in [5, 5.41) is 3.24. The summed E-state index contributed by atoms with van der Waals surface area (Å²) in [4.78, 5) is 7.07. The van der Waals surface area contributed by atoms with E-state index in [-0.39, 0.29) is 17.0 Å². The highest BCUT2D eigenvalue weighted by atomic mass is 19.4. The Labute approximate surface area is 111 Å². The zero-order chi connectivity index (χ0) is 14.9. The number of rotatable bonds is 2. The molecule has 0 aliphatic carbocycles. The maximum atomic E-state index is 13.6. The number of benzene rings is 1. The van der Waals surface area contributed by atoms with Crippen molar-refractivity contribution in [1.29, 1.82) is 0 Å². The second-order valence-electron chi connectivity index (χ2n) is 3.92. The van der Waals surface area contributed by atoms with Gasteiger partial charge in [-0.25, -0.2) is 4.39 Å². The summed E-state index contributed by atoms with van der Waals surface area (Å²) in [6.45, 7) is 1.58. The molecule has 1 aromatic carbocycles. The largest absolute Gasteiger partial charge is 0.471 e. The Morgan fingerprint density at radius 2 is 2.00 bits per heavy atom. The molecule has 0 amide bonds. The van der Waals surface area contributed by atoms with E-state index in [9.17, 15) is 17.6 Å². The molecule has 1 heterocycles. The van der Waals surface area contributed by atoms with Crippen molar-refractivity contribution in [3.63, 3.8) is 0 Å². The van der Waals surface area contributed by atoms with Gasteiger partial charge in [0.05, 0.1) is 0 Å². The monoisotopic (exact) mass is 287 g/mol. The average molecular weight is 287 g/mol. The molecule has 0 aliphatic rings. The van der Waals surface area contributed by atoms with Gasteiger partial charge in [0.15, 0.2) is 0 Å². The molecule has 2 rings (SSSR count). The van der Waals surface area contributed by atoms with Crippen LogP contribution in [0.1, 0.15) is 18.4 Å². The zero-order valence-corrected chi connectivity index (χ0v) is 10.5. The average Bonchev–Trinajstić information content (AvgIpc) is 2.88. The summed E-state index contributed by atoms with van der Waals surface area (Å²) in [5.74, 6) is -2.24. The van der Waals surface area contributed by atoms with Crippen LogP contribution >= 0.6 is 0 Å². The maximum Gasteiger partial charge on any atom is 0.471 e. The van der Waals surface area contributed by atoms with Crippen LogP contribution in [0.2, 0.25) is 0 Å². The molecule has 0 saturated heterocycles. The second kappa shape index (κ2) is 5.03. The van der Waals surface area contributed by atoms with E-state index >= 15 is 0 Å². The standard InChI is InChI=1S/C12H9F4N3O/c1-6(17-2)8-5-7(3-4-9(8)13)10-18-11(20-19-10)12(14,15)16/h3-5H,1-2H3. The van der Waals surface area contributed by atoms with Crippen molar-refractivity contribution >= 4 is 5.71 Å². The molecule has 1 aromatic heterocycles. The zero-order valence-electron chi connectivity index (χ0n) is 10.5. The van der Waals surface area contributed by atoms with Crippen LogP contribution in [0.4, 0.5) is 17.6 Å². The highest BCUT2D eigenvalue weighted by Gasteiger charge is 2.38. The minimum atomic E-state index is -4.71. The number of aliphatic imine (C=N–C) groups is 1. The van der Waals surface area contributed by atoms with Crippen molar-refractivity contribution in [2.24, 2.45) is 4.99 Å². The van der Waals surface area contributed by atoms with Crippen molar-refractivity contribution in [3.05, 3.63) is 35.5 Å². The molecule has 0 fully saturated rings. The molecule has 0 N–H and O–H groups in total. The van der Waals surface area contributed by atoms with Crippen LogP contribution in [0.3, 0.4) is 0 Å². The topological polar surface area (TPSA) is 51.3 Å². The fourth-order valence-corrected chi connectivity index (χ4v) is 1.52. The minimum absolute atomic E-state index is 0.170. The van der Waals surface area contributed by atoms with Crippen LogP contribution < -0.4 is 0 Å². The van der Waals surface area contributed by atoms with Gasteiger partial charge in [0.2, 0.25) is 5.82 Å². The van der Waals surface area contributed by atoms with Gasteiger partial charge in [0, 0.05) is 23.9 Å².